The number of fused-ring (bicyclic) bond motifs is 3. The van der Waals surface area contributed by atoms with Gasteiger partial charge < -0.3 is 15.2 Å². The standard InChI is InChI=1S/C20H23N5O/c1-12(2)21-19(26)25-11-16-17(20(25)8-5-9-20)18(24-23-16)15-10-13-6-3-4-7-14(13)22-15/h3-4,6-7,10,12,22H,5,8-9,11H2,1-2H3,(H,21,26)(H,23,24). The molecule has 3 N–H and O–H groups in total. The van der Waals surface area contributed by atoms with Crippen molar-refractivity contribution in [2.45, 2.75) is 51.2 Å². The molecule has 3 aromatic rings. The van der Waals surface area contributed by atoms with Crippen LogP contribution in [0.1, 0.15) is 44.4 Å². The van der Waals surface area contributed by atoms with Crippen molar-refractivity contribution in [1.29, 1.82) is 0 Å². The minimum Gasteiger partial charge on any atom is -0.353 e. The molecule has 2 amide bonds. The van der Waals surface area contributed by atoms with Crippen LogP contribution >= 0.6 is 0 Å². The quantitative estimate of drug-likeness (QED) is 0.657. The Balaban J connectivity index is 1.59. The normalized spacial score (nSPS) is 17.7. The van der Waals surface area contributed by atoms with E-state index >= 15 is 0 Å². The average molecular weight is 349 g/mol. The number of nitrogens with one attached hydrogen (secondary N) is 3. The molecule has 134 valence electrons. The summed E-state index contributed by atoms with van der Waals surface area (Å²) in [5, 5.41) is 12.1. The molecular weight excluding hydrogens is 326 g/mol. The molecule has 26 heavy (non-hydrogen) atoms. The van der Waals surface area contributed by atoms with Crippen LogP contribution in [0.3, 0.4) is 0 Å². The molecule has 5 rings (SSSR count). The molecule has 0 unspecified atom stereocenters. The summed E-state index contributed by atoms with van der Waals surface area (Å²) < 4.78 is 0. The number of urea groups is 1. The number of H-pyrrole nitrogens is 2. The topological polar surface area (TPSA) is 76.8 Å². The van der Waals surface area contributed by atoms with Gasteiger partial charge >= 0.3 is 6.03 Å². The first-order valence-corrected chi connectivity index (χ1v) is 9.32. The highest BCUT2D eigenvalue weighted by Gasteiger charge is 2.54. The van der Waals surface area contributed by atoms with Crippen molar-refractivity contribution in [3.8, 4) is 11.4 Å². The monoisotopic (exact) mass is 349 g/mol. The summed E-state index contributed by atoms with van der Waals surface area (Å²) in [6.45, 7) is 4.59. The van der Waals surface area contributed by atoms with Gasteiger partial charge in [0, 0.05) is 22.5 Å². The molecule has 1 saturated carbocycles. The molecule has 1 spiro atoms. The first-order chi connectivity index (χ1) is 12.6. The maximum absolute atomic E-state index is 12.8. The van der Waals surface area contributed by atoms with Crippen LogP contribution in [0.5, 0.6) is 0 Å². The Morgan fingerprint density at radius 3 is 2.81 bits per heavy atom. The van der Waals surface area contributed by atoms with E-state index in [2.05, 4.69) is 38.7 Å². The van der Waals surface area contributed by atoms with Crippen molar-refractivity contribution in [2.24, 2.45) is 0 Å². The van der Waals surface area contributed by atoms with Crippen LogP contribution in [-0.2, 0) is 12.1 Å². The van der Waals surface area contributed by atoms with E-state index in [0.717, 1.165) is 41.9 Å². The first-order valence-electron chi connectivity index (χ1n) is 9.32. The van der Waals surface area contributed by atoms with Crippen molar-refractivity contribution in [2.75, 3.05) is 0 Å². The Labute approximate surface area is 152 Å². The van der Waals surface area contributed by atoms with Crippen molar-refractivity contribution in [1.82, 2.24) is 25.4 Å². The SMILES string of the molecule is CC(C)NC(=O)N1Cc2[nH]nc(-c3cc4ccccc4[nH]3)c2C12CCC2. The summed E-state index contributed by atoms with van der Waals surface area (Å²) in [5.41, 5.74) is 5.13. The predicted molar refractivity (Wildman–Crippen MR) is 101 cm³/mol. The van der Waals surface area contributed by atoms with Gasteiger partial charge in [-0.15, -0.1) is 0 Å². The van der Waals surface area contributed by atoms with Gasteiger partial charge in [-0.1, -0.05) is 18.2 Å². The van der Waals surface area contributed by atoms with Crippen LogP contribution in [0.15, 0.2) is 30.3 Å². The lowest BCUT2D eigenvalue weighted by atomic mass is 9.71. The van der Waals surface area contributed by atoms with Crippen molar-refractivity contribution in [3.05, 3.63) is 41.6 Å². The molecule has 1 aromatic carbocycles. The first kappa shape index (κ1) is 15.5. The summed E-state index contributed by atoms with van der Waals surface area (Å²) in [6, 6.07) is 10.5. The summed E-state index contributed by atoms with van der Waals surface area (Å²) >= 11 is 0. The molecule has 1 aliphatic carbocycles. The number of hydrogen-bond acceptors (Lipinski definition) is 2. The maximum Gasteiger partial charge on any atom is 0.318 e. The van der Waals surface area contributed by atoms with Gasteiger partial charge in [-0.3, -0.25) is 5.10 Å². The van der Waals surface area contributed by atoms with Gasteiger partial charge in [0.05, 0.1) is 23.5 Å². The molecule has 3 heterocycles. The zero-order chi connectivity index (χ0) is 17.9. The largest absolute Gasteiger partial charge is 0.353 e. The molecule has 1 fully saturated rings. The molecule has 2 aliphatic rings. The number of nitrogens with zero attached hydrogens (tertiary/aromatic N) is 2. The third-order valence-electron chi connectivity index (χ3n) is 5.76. The number of amides is 2. The summed E-state index contributed by atoms with van der Waals surface area (Å²) in [5.74, 6) is 0. The lowest BCUT2D eigenvalue weighted by Gasteiger charge is -2.46. The van der Waals surface area contributed by atoms with Crippen LogP contribution in [0.2, 0.25) is 0 Å². The number of aromatic nitrogens is 3. The fourth-order valence-corrected chi connectivity index (χ4v) is 4.46. The molecule has 6 heteroatoms. The molecule has 0 saturated heterocycles. The van der Waals surface area contributed by atoms with Gasteiger partial charge in [-0.05, 0) is 45.2 Å². The van der Waals surface area contributed by atoms with Gasteiger partial charge in [0.15, 0.2) is 0 Å². The summed E-state index contributed by atoms with van der Waals surface area (Å²) in [4.78, 5) is 18.3. The number of aromatic amines is 2. The van der Waals surface area contributed by atoms with E-state index in [1.807, 2.05) is 30.9 Å². The van der Waals surface area contributed by atoms with Crippen molar-refractivity contribution in [3.63, 3.8) is 0 Å². The van der Waals surface area contributed by atoms with E-state index in [4.69, 9.17) is 0 Å². The van der Waals surface area contributed by atoms with Gasteiger partial charge in [0.25, 0.3) is 0 Å². The van der Waals surface area contributed by atoms with Crippen molar-refractivity contribution >= 4 is 16.9 Å². The maximum atomic E-state index is 12.8. The molecule has 0 atom stereocenters. The second kappa shape index (κ2) is 5.37. The van der Waals surface area contributed by atoms with Crippen LogP contribution in [0.4, 0.5) is 4.79 Å². The van der Waals surface area contributed by atoms with Gasteiger partial charge in [-0.25, -0.2) is 4.79 Å². The highest BCUT2D eigenvalue weighted by Crippen LogP contribution is 2.54. The Kier molecular flexibility index (Phi) is 3.20. The minimum atomic E-state index is -0.214. The van der Waals surface area contributed by atoms with Crippen LogP contribution < -0.4 is 5.32 Å². The van der Waals surface area contributed by atoms with E-state index < -0.39 is 0 Å². The zero-order valence-corrected chi connectivity index (χ0v) is 15.1. The Morgan fingerprint density at radius 2 is 2.12 bits per heavy atom. The number of carbonyl (C=O) groups is 1. The molecular formula is C20H23N5O. The van der Waals surface area contributed by atoms with E-state index in [1.165, 1.54) is 10.9 Å². The third-order valence-corrected chi connectivity index (χ3v) is 5.76. The van der Waals surface area contributed by atoms with Crippen LogP contribution in [-0.4, -0.2) is 32.2 Å². The molecule has 0 radical (unpaired) electrons. The van der Waals surface area contributed by atoms with Gasteiger partial charge in [0.2, 0.25) is 0 Å². The lowest BCUT2D eigenvalue weighted by molar-refractivity contribution is 0.0549. The fraction of sp³-hybridized carbons (Fsp3) is 0.400. The summed E-state index contributed by atoms with van der Waals surface area (Å²) in [6.07, 6.45) is 3.14. The molecule has 2 aromatic heterocycles. The number of para-hydroxylation sites is 1. The number of carbonyl (C=O) groups excluding carboxylic acids is 1. The second-order valence-electron chi connectivity index (χ2n) is 7.77. The number of benzene rings is 1. The highest BCUT2D eigenvalue weighted by molar-refractivity contribution is 5.86. The van der Waals surface area contributed by atoms with E-state index in [1.54, 1.807) is 0 Å². The molecule has 1 aliphatic heterocycles. The fourth-order valence-electron chi connectivity index (χ4n) is 4.46. The van der Waals surface area contributed by atoms with E-state index in [0.29, 0.717) is 6.54 Å². The highest BCUT2D eigenvalue weighted by atomic mass is 16.2. The second-order valence-corrected chi connectivity index (χ2v) is 7.77. The summed E-state index contributed by atoms with van der Waals surface area (Å²) in [7, 11) is 0. The average Bonchev–Trinajstić information content (AvgIpc) is 3.23. The Hall–Kier alpha value is -2.76. The number of rotatable bonds is 2. The van der Waals surface area contributed by atoms with Crippen molar-refractivity contribution < 1.29 is 4.79 Å². The van der Waals surface area contributed by atoms with E-state index in [9.17, 15) is 4.79 Å². The van der Waals surface area contributed by atoms with Crippen LogP contribution in [0, 0.1) is 0 Å². The van der Waals surface area contributed by atoms with Gasteiger partial charge in [0.1, 0.15) is 5.69 Å². The third kappa shape index (κ3) is 2.04. The smallest absolute Gasteiger partial charge is 0.318 e. The van der Waals surface area contributed by atoms with Crippen LogP contribution in [0.25, 0.3) is 22.3 Å². The predicted octanol–water partition coefficient (Wildman–Crippen LogP) is 3.87. The Morgan fingerprint density at radius 1 is 1.31 bits per heavy atom. The number of hydrogen-bond donors (Lipinski definition) is 3. The Bertz CT molecular complexity index is 962. The van der Waals surface area contributed by atoms with Gasteiger partial charge in [-0.2, -0.15) is 5.10 Å². The zero-order valence-electron chi connectivity index (χ0n) is 15.1. The van der Waals surface area contributed by atoms with E-state index in [-0.39, 0.29) is 17.6 Å². The lowest BCUT2D eigenvalue weighted by Crippen LogP contribution is -2.54. The molecule has 6 nitrogen and oxygen atoms in total. The molecule has 0 bridgehead atoms. The minimum absolute atomic E-state index is 0.0203.